The molecule has 98 valence electrons. The molecule has 1 amide bonds. The maximum absolute atomic E-state index is 12.2. The van der Waals surface area contributed by atoms with E-state index in [1.807, 2.05) is 0 Å². The Morgan fingerprint density at radius 1 is 1.56 bits per heavy atom. The Morgan fingerprint density at radius 2 is 2.28 bits per heavy atom. The van der Waals surface area contributed by atoms with Gasteiger partial charge in [-0.25, -0.2) is 0 Å². The monoisotopic (exact) mass is 283 g/mol. The first-order valence-corrected chi connectivity index (χ1v) is 7.22. The van der Waals surface area contributed by atoms with Gasteiger partial charge in [0.05, 0.1) is 10.6 Å². The summed E-state index contributed by atoms with van der Waals surface area (Å²) in [4.78, 5) is 12.9. The van der Waals surface area contributed by atoms with Gasteiger partial charge in [0.15, 0.2) is 0 Å². The van der Waals surface area contributed by atoms with Crippen molar-refractivity contribution in [1.82, 2.24) is 5.32 Å². The summed E-state index contributed by atoms with van der Waals surface area (Å²) in [7, 11) is 0. The minimum absolute atomic E-state index is 0.0941. The van der Waals surface area contributed by atoms with Crippen LogP contribution in [-0.4, -0.2) is 11.9 Å². The predicted molar refractivity (Wildman–Crippen MR) is 77.6 cm³/mol. The molecule has 0 spiro atoms. The van der Waals surface area contributed by atoms with Crippen LogP contribution in [0.1, 0.15) is 43.0 Å². The summed E-state index contributed by atoms with van der Waals surface area (Å²) < 4.78 is 0. The lowest BCUT2D eigenvalue weighted by molar-refractivity contribution is 0.0932. The lowest BCUT2D eigenvalue weighted by Gasteiger charge is -2.17. The van der Waals surface area contributed by atoms with Gasteiger partial charge < -0.3 is 5.32 Å². The molecule has 4 heteroatoms. The molecule has 0 aromatic heterocycles. The highest BCUT2D eigenvalue weighted by Gasteiger charge is 2.26. The molecular formula is C14H18ClNOS. The van der Waals surface area contributed by atoms with Crippen LogP contribution in [-0.2, 0) is 0 Å². The molecule has 1 aliphatic carbocycles. The normalized spacial score (nSPS) is 16.4. The van der Waals surface area contributed by atoms with Crippen molar-refractivity contribution in [1.29, 1.82) is 0 Å². The molecule has 18 heavy (non-hydrogen) atoms. The fourth-order valence-electron chi connectivity index (χ4n) is 2.03. The number of hydrogen-bond acceptors (Lipinski definition) is 2. The molecule has 1 saturated carbocycles. The number of amides is 1. The van der Waals surface area contributed by atoms with Gasteiger partial charge in [0, 0.05) is 10.9 Å². The summed E-state index contributed by atoms with van der Waals surface area (Å²) in [6.07, 6.45) is 4.65. The second kappa shape index (κ2) is 5.98. The first-order valence-electron chi connectivity index (χ1n) is 6.39. The Kier molecular flexibility index (Phi) is 4.57. The second-order valence-corrected chi connectivity index (χ2v) is 5.85. The smallest absolute Gasteiger partial charge is 0.253 e. The largest absolute Gasteiger partial charge is 0.349 e. The van der Waals surface area contributed by atoms with Crippen molar-refractivity contribution in [2.24, 2.45) is 5.92 Å². The zero-order chi connectivity index (χ0) is 13.1. The van der Waals surface area contributed by atoms with E-state index in [-0.39, 0.29) is 11.9 Å². The van der Waals surface area contributed by atoms with Crippen LogP contribution in [0, 0.1) is 5.92 Å². The number of benzene rings is 1. The average molecular weight is 284 g/mol. The van der Waals surface area contributed by atoms with Gasteiger partial charge in [-0.1, -0.05) is 31.4 Å². The molecule has 2 rings (SSSR count). The number of rotatable bonds is 5. The van der Waals surface area contributed by atoms with Crippen molar-refractivity contribution in [3.63, 3.8) is 0 Å². The molecule has 1 aromatic carbocycles. The molecule has 0 saturated heterocycles. The number of carbonyl (C=O) groups is 1. The molecule has 0 aliphatic heterocycles. The van der Waals surface area contributed by atoms with Crippen LogP contribution >= 0.6 is 24.2 Å². The third-order valence-corrected chi connectivity index (χ3v) is 3.95. The van der Waals surface area contributed by atoms with E-state index in [9.17, 15) is 4.79 Å². The van der Waals surface area contributed by atoms with E-state index in [2.05, 4.69) is 24.9 Å². The number of thiol groups is 1. The Balaban J connectivity index is 2.02. The number of nitrogens with one attached hydrogen (secondary N) is 1. The molecule has 1 aromatic rings. The summed E-state index contributed by atoms with van der Waals surface area (Å²) >= 11 is 10.3. The molecule has 0 radical (unpaired) electrons. The van der Waals surface area contributed by atoms with Crippen LogP contribution in [0.15, 0.2) is 23.1 Å². The highest BCUT2D eigenvalue weighted by molar-refractivity contribution is 7.80. The van der Waals surface area contributed by atoms with Gasteiger partial charge in [0.25, 0.3) is 5.91 Å². The van der Waals surface area contributed by atoms with Crippen LogP contribution in [0.2, 0.25) is 5.02 Å². The first kappa shape index (κ1) is 13.8. The molecule has 0 bridgehead atoms. The maximum Gasteiger partial charge on any atom is 0.253 e. The van der Waals surface area contributed by atoms with Crippen LogP contribution in [0.5, 0.6) is 0 Å². The van der Waals surface area contributed by atoms with E-state index >= 15 is 0 Å². The molecule has 1 atom stereocenters. The van der Waals surface area contributed by atoms with E-state index in [0.29, 0.717) is 10.6 Å². The summed E-state index contributed by atoms with van der Waals surface area (Å²) in [5.74, 6) is 0.713. The van der Waals surface area contributed by atoms with E-state index in [0.717, 1.165) is 23.7 Å². The predicted octanol–water partition coefficient (Wildman–Crippen LogP) is 3.94. The van der Waals surface area contributed by atoms with Crippen molar-refractivity contribution < 1.29 is 4.79 Å². The van der Waals surface area contributed by atoms with Gasteiger partial charge in [-0.05, 0) is 37.0 Å². The van der Waals surface area contributed by atoms with Crippen molar-refractivity contribution in [2.75, 3.05) is 0 Å². The van der Waals surface area contributed by atoms with E-state index in [1.165, 1.54) is 12.8 Å². The number of halogens is 1. The van der Waals surface area contributed by atoms with Crippen molar-refractivity contribution in [3.8, 4) is 0 Å². The minimum atomic E-state index is -0.0941. The molecule has 1 aliphatic rings. The van der Waals surface area contributed by atoms with Crippen LogP contribution in [0.25, 0.3) is 0 Å². The van der Waals surface area contributed by atoms with Crippen molar-refractivity contribution >= 4 is 30.1 Å². The lowest BCUT2D eigenvalue weighted by Crippen LogP contribution is -2.34. The van der Waals surface area contributed by atoms with Crippen molar-refractivity contribution in [3.05, 3.63) is 28.8 Å². The van der Waals surface area contributed by atoms with Gasteiger partial charge >= 0.3 is 0 Å². The Labute approximate surface area is 119 Å². The topological polar surface area (TPSA) is 29.1 Å². The van der Waals surface area contributed by atoms with E-state index in [1.54, 1.807) is 18.2 Å². The lowest BCUT2D eigenvalue weighted by atomic mass is 10.1. The molecular weight excluding hydrogens is 266 g/mol. The summed E-state index contributed by atoms with van der Waals surface area (Å²) in [5.41, 5.74) is 0.512. The SMILES string of the molecule is CCC(CC1CC1)NC(=O)c1cc(S)ccc1Cl. The average Bonchev–Trinajstić information content (AvgIpc) is 3.15. The Hall–Kier alpha value is -0.670. The summed E-state index contributed by atoms with van der Waals surface area (Å²) in [5, 5.41) is 3.54. The minimum Gasteiger partial charge on any atom is -0.349 e. The van der Waals surface area contributed by atoms with Gasteiger partial charge in [-0.2, -0.15) is 0 Å². The van der Waals surface area contributed by atoms with Crippen LogP contribution in [0.3, 0.4) is 0 Å². The quantitative estimate of drug-likeness (QED) is 0.788. The van der Waals surface area contributed by atoms with Gasteiger partial charge in [0.2, 0.25) is 0 Å². The fourth-order valence-corrected chi connectivity index (χ4v) is 2.44. The van der Waals surface area contributed by atoms with Gasteiger partial charge in [0.1, 0.15) is 0 Å². The third-order valence-electron chi connectivity index (χ3n) is 3.34. The molecule has 0 heterocycles. The van der Waals surface area contributed by atoms with E-state index in [4.69, 9.17) is 11.6 Å². The third kappa shape index (κ3) is 3.66. The standard InChI is InChI=1S/C14H18ClNOS/c1-2-10(7-9-3-4-9)16-14(17)12-8-11(18)5-6-13(12)15/h5-6,8-10,18H,2-4,7H2,1H3,(H,16,17). The molecule has 1 N–H and O–H groups in total. The first-order chi connectivity index (χ1) is 8.60. The Bertz CT molecular complexity index is 445. The van der Waals surface area contributed by atoms with Gasteiger partial charge in [-0.3, -0.25) is 4.79 Å². The molecule has 1 fully saturated rings. The van der Waals surface area contributed by atoms with Crippen LogP contribution in [0.4, 0.5) is 0 Å². The number of carbonyl (C=O) groups excluding carboxylic acids is 1. The number of hydrogen-bond donors (Lipinski definition) is 2. The highest BCUT2D eigenvalue weighted by atomic mass is 35.5. The molecule has 2 nitrogen and oxygen atoms in total. The molecule has 1 unspecified atom stereocenters. The zero-order valence-electron chi connectivity index (χ0n) is 10.4. The fraction of sp³-hybridized carbons (Fsp3) is 0.500. The highest BCUT2D eigenvalue weighted by Crippen LogP contribution is 2.34. The summed E-state index contributed by atoms with van der Waals surface area (Å²) in [6.45, 7) is 2.10. The van der Waals surface area contributed by atoms with E-state index < -0.39 is 0 Å². The summed E-state index contributed by atoms with van der Waals surface area (Å²) in [6, 6.07) is 5.46. The Morgan fingerprint density at radius 3 is 2.89 bits per heavy atom. The van der Waals surface area contributed by atoms with Gasteiger partial charge in [-0.15, -0.1) is 12.6 Å². The second-order valence-electron chi connectivity index (χ2n) is 4.92. The van der Waals surface area contributed by atoms with Crippen LogP contribution < -0.4 is 5.32 Å². The zero-order valence-corrected chi connectivity index (χ0v) is 12.1. The van der Waals surface area contributed by atoms with Crippen molar-refractivity contribution in [2.45, 2.75) is 43.5 Å². The maximum atomic E-state index is 12.2.